The monoisotopic (exact) mass is 326 g/mol. The minimum absolute atomic E-state index is 0.701. The number of rotatable bonds is 1. The Hall–Kier alpha value is -1.79. The van der Waals surface area contributed by atoms with E-state index in [1.807, 2.05) is 12.1 Å². The van der Waals surface area contributed by atoms with E-state index in [-0.39, 0.29) is 0 Å². The highest BCUT2D eigenvalue weighted by Crippen LogP contribution is 2.27. The zero-order valence-electron chi connectivity index (χ0n) is 11.1. The van der Waals surface area contributed by atoms with Crippen molar-refractivity contribution in [1.82, 2.24) is 0 Å². The maximum atomic E-state index is 9.11. The minimum atomic E-state index is 0.701. The molecule has 0 amide bonds. The lowest BCUT2D eigenvalue weighted by Crippen LogP contribution is -2.22. The predicted molar refractivity (Wildman–Crippen MR) is 84.7 cm³/mol. The summed E-state index contributed by atoms with van der Waals surface area (Å²) in [5.74, 6) is 0. The van der Waals surface area contributed by atoms with Crippen molar-refractivity contribution in [3.63, 3.8) is 0 Å². The zero-order chi connectivity index (χ0) is 13.9. The highest BCUT2D eigenvalue weighted by molar-refractivity contribution is 9.10. The zero-order valence-corrected chi connectivity index (χ0v) is 12.7. The van der Waals surface area contributed by atoms with E-state index in [4.69, 9.17) is 5.26 Å². The van der Waals surface area contributed by atoms with Gasteiger partial charge in [-0.05, 0) is 42.2 Å². The second-order valence-corrected chi connectivity index (χ2v) is 6.02. The van der Waals surface area contributed by atoms with E-state index in [2.05, 4.69) is 57.2 Å². The van der Waals surface area contributed by atoms with Gasteiger partial charge in [0.1, 0.15) is 0 Å². The Morgan fingerprint density at radius 3 is 2.70 bits per heavy atom. The number of aryl methyl sites for hydroxylation is 1. The first-order valence-electron chi connectivity index (χ1n) is 6.79. The van der Waals surface area contributed by atoms with Crippen molar-refractivity contribution in [2.75, 3.05) is 11.4 Å². The Balaban J connectivity index is 1.95. The van der Waals surface area contributed by atoms with Gasteiger partial charge < -0.3 is 4.90 Å². The van der Waals surface area contributed by atoms with Gasteiger partial charge in [0.2, 0.25) is 0 Å². The number of halogens is 1. The molecule has 0 fully saturated rings. The van der Waals surface area contributed by atoms with Crippen molar-refractivity contribution >= 4 is 21.6 Å². The van der Waals surface area contributed by atoms with Crippen molar-refractivity contribution in [2.45, 2.75) is 19.4 Å². The molecule has 0 aromatic heterocycles. The Labute approximate surface area is 127 Å². The molecule has 0 unspecified atom stereocenters. The quantitative estimate of drug-likeness (QED) is 0.782. The van der Waals surface area contributed by atoms with E-state index in [1.54, 1.807) is 0 Å². The van der Waals surface area contributed by atoms with Gasteiger partial charge in [0.05, 0.1) is 11.6 Å². The maximum Gasteiger partial charge on any atom is 0.0992 e. The van der Waals surface area contributed by atoms with Crippen LogP contribution in [0.15, 0.2) is 46.9 Å². The van der Waals surface area contributed by atoms with E-state index in [0.717, 1.165) is 36.1 Å². The van der Waals surface area contributed by atoms with Gasteiger partial charge in [-0.15, -0.1) is 0 Å². The molecule has 1 aliphatic heterocycles. The third-order valence-corrected chi connectivity index (χ3v) is 4.19. The lowest BCUT2D eigenvalue weighted by atomic mass is 10.0. The highest BCUT2D eigenvalue weighted by atomic mass is 79.9. The molecule has 2 nitrogen and oxygen atoms in total. The molecule has 0 saturated heterocycles. The molecule has 0 spiro atoms. The van der Waals surface area contributed by atoms with Crippen molar-refractivity contribution in [3.8, 4) is 6.07 Å². The normalized spacial score (nSPS) is 14.3. The molecule has 1 heterocycles. The maximum absolute atomic E-state index is 9.11. The molecule has 20 heavy (non-hydrogen) atoms. The van der Waals surface area contributed by atoms with Gasteiger partial charge in [0, 0.05) is 23.2 Å². The fourth-order valence-corrected chi connectivity index (χ4v) is 3.22. The lowest BCUT2D eigenvalue weighted by Gasteiger charge is -2.23. The Morgan fingerprint density at radius 1 is 1.10 bits per heavy atom. The summed E-state index contributed by atoms with van der Waals surface area (Å²) < 4.78 is 0.962. The number of fused-ring (bicyclic) bond motifs is 1. The van der Waals surface area contributed by atoms with Crippen molar-refractivity contribution < 1.29 is 0 Å². The average molecular weight is 327 g/mol. The molecule has 0 saturated carbocycles. The van der Waals surface area contributed by atoms with Crippen molar-refractivity contribution in [3.05, 3.63) is 63.6 Å². The van der Waals surface area contributed by atoms with Gasteiger partial charge in [-0.1, -0.05) is 40.2 Å². The summed E-state index contributed by atoms with van der Waals surface area (Å²) in [6.07, 6.45) is 2.27. The van der Waals surface area contributed by atoms with E-state index in [0.29, 0.717) is 5.56 Å². The van der Waals surface area contributed by atoms with Crippen LogP contribution < -0.4 is 4.90 Å². The van der Waals surface area contributed by atoms with E-state index < -0.39 is 0 Å². The van der Waals surface area contributed by atoms with Gasteiger partial charge >= 0.3 is 0 Å². The standard InChI is InChI=1S/C17H15BrN2/c18-16-8-13(11-19)9-17(10-16)20-7-3-6-14-4-1-2-5-15(14)12-20/h1-2,4-5,8-10H,3,6-7,12H2. The van der Waals surface area contributed by atoms with Crippen LogP contribution in [0.1, 0.15) is 23.1 Å². The molecule has 0 aliphatic carbocycles. The summed E-state index contributed by atoms with van der Waals surface area (Å²) in [6, 6.07) is 16.8. The van der Waals surface area contributed by atoms with Crippen LogP contribution in [0.4, 0.5) is 5.69 Å². The Kier molecular flexibility index (Phi) is 3.75. The third-order valence-electron chi connectivity index (χ3n) is 3.73. The van der Waals surface area contributed by atoms with Gasteiger partial charge in [-0.3, -0.25) is 0 Å². The van der Waals surface area contributed by atoms with Crippen LogP contribution in [0, 0.1) is 11.3 Å². The number of nitriles is 1. The molecule has 0 bridgehead atoms. The van der Waals surface area contributed by atoms with Gasteiger partial charge in [-0.25, -0.2) is 0 Å². The fraction of sp³-hybridized carbons (Fsp3) is 0.235. The second kappa shape index (κ2) is 5.68. The lowest BCUT2D eigenvalue weighted by molar-refractivity contribution is 0.765. The van der Waals surface area contributed by atoms with Crippen LogP contribution in [0.5, 0.6) is 0 Å². The van der Waals surface area contributed by atoms with Crippen LogP contribution in [0.2, 0.25) is 0 Å². The highest BCUT2D eigenvalue weighted by Gasteiger charge is 2.15. The molecular weight excluding hydrogens is 312 g/mol. The summed E-state index contributed by atoms with van der Waals surface area (Å²) in [5, 5.41) is 9.11. The van der Waals surface area contributed by atoms with Crippen LogP contribution in [0.3, 0.4) is 0 Å². The molecule has 100 valence electrons. The fourth-order valence-electron chi connectivity index (χ4n) is 2.74. The number of nitrogens with zero attached hydrogens (tertiary/aromatic N) is 2. The summed E-state index contributed by atoms with van der Waals surface area (Å²) in [4.78, 5) is 2.36. The van der Waals surface area contributed by atoms with E-state index >= 15 is 0 Å². The summed E-state index contributed by atoms with van der Waals surface area (Å²) >= 11 is 3.49. The smallest absolute Gasteiger partial charge is 0.0992 e. The van der Waals surface area contributed by atoms with Crippen LogP contribution in [-0.2, 0) is 13.0 Å². The van der Waals surface area contributed by atoms with Gasteiger partial charge in [0.15, 0.2) is 0 Å². The van der Waals surface area contributed by atoms with Crippen LogP contribution in [0.25, 0.3) is 0 Å². The number of benzene rings is 2. The molecular formula is C17H15BrN2. The first-order valence-corrected chi connectivity index (χ1v) is 7.58. The predicted octanol–water partition coefficient (Wildman–Crippen LogP) is 4.27. The Bertz CT molecular complexity index is 673. The molecule has 3 rings (SSSR count). The summed E-state index contributed by atoms with van der Waals surface area (Å²) in [7, 11) is 0. The van der Waals surface area contributed by atoms with Crippen LogP contribution >= 0.6 is 15.9 Å². The molecule has 0 N–H and O–H groups in total. The molecule has 0 radical (unpaired) electrons. The van der Waals surface area contributed by atoms with Gasteiger partial charge in [0.25, 0.3) is 0 Å². The molecule has 1 aliphatic rings. The van der Waals surface area contributed by atoms with Crippen molar-refractivity contribution in [2.24, 2.45) is 0 Å². The number of hydrogen-bond acceptors (Lipinski definition) is 2. The van der Waals surface area contributed by atoms with E-state index in [9.17, 15) is 0 Å². The Morgan fingerprint density at radius 2 is 1.90 bits per heavy atom. The first-order chi connectivity index (χ1) is 9.76. The third kappa shape index (κ3) is 2.71. The van der Waals surface area contributed by atoms with E-state index in [1.165, 1.54) is 11.1 Å². The van der Waals surface area contributed by atoms with Gasteiger partial charge in [-0.2, -0.15) is 5.26 Å². The second-order valence-electron chi connectivity index (χ2n) is 5.10. The van der Waals surface area contributed by atoms with Crippen molar-refractivity contribution in [1.29, 1.82) is 5.26 Å². The first kappa shape index (κ1) is 13.2. The summed E-state index contributed by atoms with van der Waals surface area (Å²) in [5.41, 5.74) is 4.66. The number of anilines is 1. The topological polar surface area (TPSA) is 27.0 Å². The minimum Gasteiger partial charge on any atom is -0.367 e. The summed E-state index contributed by atoms with van der Waals surface area (Å²) in [6.45, 7) is 1.94. The molecule has 3 heteroatoms. The van der Waals surface area contributed by atoms with Crippen LogP contribution in [-0.4, -0.2) is 6.54 Å². The molecule has 0 atom stereocenters. The molecule has 2 aromatic carbocycles. The number of hydrogen-bond donors (Lipinski definition) is 0. The SMILES string of the molecule is N#Cc1cc(Br)cc(N2CCCc3ccccc3C2)c1. The molecule has 2 aromatic rings. The largest absolute Gasteiger partial charge is 0.367 e. The average Bonchev–Trinajstić information content (AvgIpc) is 2.68.